The summed E-state index contributed by atoms with van der Waals surface area (Å²) >= 11 is 12.5. The van der Waals surface area contributed by atoms with Crippen LogP contribution < -0.4 is 11.1 Å². The van der Waals surface area contributed by atoms with E-state index >= 15 is 0 Å². The lowest BCUT2D eigenvalue weighted by molar-refractivity contribution is 0.171. The average Bonchev–Trinajstić information content (AvgIpc) is 2.88. The van der Waals surface area contributed by atoms with E-state index in [2.05, 4.69) is 86.6 Å². The largest absolute Gasteiger partial charge is 0.405 e. The molecule has 0 amide bonds. The average molecular weight is 574 g/mol. The summed E-state index contributed by atoms with van der Waals surface area (Å²) in [6, 6.07) is 14.1. The Morgan fingerprint density at radius 1 is 1.05 bits per heavy atom. The third kappa shape index (κ3) is 14.1. The van der Waals surface area contributed by atoms with Gasteiger partial charge in [0.25, 0.3) is 0 Å². The third-order valence-electron chi connectivity index (χ3n) is 6.77. The second kappa shape index (κ2) is 19.8. The predicted molar refractivity (Wildman–Crippen MR) is 174 cm³/mol. The highest BCUT2D eigenvalue weighted by atomic mass is 35.5. The highest BCUT2D eigenvalue weighted by Gasteiger charge is 2.18. The number of nitrogens with zero attached hydrogens (tertiary/aromatic N) is 2. The number of benzene rings is 2. The monoisotopic (exact) mass is 572 g/mol. The zero-order valence-electron chi connectivity index (χ0n) is 24.5. The molecule has 3 N–H and O–H groups in total. The Balaban J connectivity index is 0.000000524. The molecule has 3 atom stereocenters. The first-order valence-electron chi connectivity index (χ1n) is 13.9. The number of rotatable bonds is 11. The van der Waals surface area contributed by atoms with Crippen LogP contribution in [0, 0.1) is 17.8 Å². The van der Waals surface area contributed by atoms with Crippen LogP contribution in [-0.4, -0.2) is 43.0 Å². The van der Waals surface area contributed by atoms with Crippen LogP contribution >= 0.6 is 23.2 Å². The fourth-order valence-corrected chi connectivity index (χ4v) is 5.59. The van der Waals surface area contributed by atoms with Crippen molar-refractivity contribution in [2.45, 2.75) is 46.7 Å². The molecule has 6 heteroatoms. The summed E-state index contributed by atoms with van der Waals surface area (Å²) in [4.78, 5) is 4.87. The minimum Gasteiger partial charge on any atom is -0.405 e. The maximum absolute atomic E-state index is 6.44. The van der Waals surface area contributed by atoms with Gasteiger partial charge in [0.2, 0.25) is 0 Å². The van der Waals surface area contributed by atoms with Gasteiger partial charge in [0.05, 0.1) is 0 Å². The fraction of sp³-hybridized carbons (Fsp3) is 0.455. The first-order chi connectivity index (χ1) is 18.7. The van der Waals surface area contributed by atoms with Crippen molar-refractivity contribution in [3.8, 4) is 0 Å². The van der Waals surface area contributed by atoms with Gasteiger partial charge in [0, 0.05) is 49.3 Å². The highest BCUT2D eigenvalue weighted by Crippen LogP contribution is 2.24. The van der Waals surface area contributed by atoms with Crippen LogP contribution in [0.25, 0.3) is 6.08 Å². The molecule has 1 saturated heterocycles. The van der Waals surface area contributed by atoms with Gasteiger partial charge in [-0.05, 0) is 72.4 Å². The molecule has 2 aromatic carbocycles. The number of hydrogen-bond donors (Lipinski definition) is 2. The first kappa shape index (κ1) is 34.8. The van der Waals surface area contributed by atoms with E-state index in [0.29, 0.717) is 16.0 Å². The van der Waals surface area contributed by atoms with Gasteiger partial charge in [-0.25, -0.2) is 0 Å². The topological polar surface area (TPSA) is 44.5 Å². The summed E-state index contributed by atoms with van der Waals surface area (Å²) in [5.41, 5.74) is 8.13. The summed E-state index contributed by atoms with van der Waals surface area (Å²) in [7, 11) is 2.21. The molecule has 3 unspecified atom stereocenters. The Labute approximate surface area is 248 Å². The smallest absolute Gasteiger partial charge is 0.0465 e. The van der Waals surface area contributed by atoms with E-state index in [1.807, 2.05) is 30.3 Å². The van der Waals surface area contributed by atoms with Crippen molar-refractivity contribution in [2.75, 3.05) is 33.2 Å². The predicted octanol–water partition coefficient (Wildman–Crippen LogP) is 8.08. The minimum absolute atomic E-state index is 0.518. The third-order valence-corrected chi connectivity index (χ3v) is 7.36. The lowest BCUT2D eigenvalue weighted by Gasteiger charge is -2.31. The molecule has 1 aliphatic heterocycles. The molecule has 2 aromatic rings. The molecule has 1 aliphatic rings. The van der Waals surface area contributed by atoms with Gasteiger partial charge in [-0.2, -0.15) is 0 Å². The molecule has 1 fully saturated rings. The molecule has 0 radical (unpaired) electrons. The number of hydrogen-bond acceptors (Lipinski definition) is 4. The highest BCUT2D eigenvalue weighted by molar-refractivity contribution is 6.35. The molecule has 1 heterocycles. The fourth-order valence-electron chi connectivity index (χ4n) is 5.12. The van der Waals surface area contributed by atoms with Crippen molar-refractivity contribution in [2.24, 2.45) is 23.5 Å². The Hall–Kier alpha value is -2.24. The minimum atomic E-state index is 0.518. The van der Waals surface area contributed by atoms with E-state index in [0.717, 1.165) is 50.0 Å². The van der Waals surface area contributed by atoms with Crippen molar-refractivity contribution in [1.29, 1.82) is 0 Å². The van der Waals surface area contributed by atoms with Crippen LogP contribution in [0.2, 0.25) is 10.0 Å². The summed E-state index contributed by atoms with van der Waals surface area (Å²) < 4.78 is 0. The molecule has 0 aliphatic carbocycles. The number of halogens is 2. The van der Waals surface area contributed by atoms with Gasteiger partial charge in [-0.1, -0.05) is 107 Å². The standard InChI is InChI=1S/C23H28Cl2N2.C8H17N.C2H5N/c1-4-18(14-26-6-3)15-27(16-20-10-8-7-9-19(20)5-2)17-21-11-12-22(24)13-23(21)25;1-7-4-8(2)6-9(3)5-7;1-2-3/h5-13,18,26H,2-4,14-17H2,1H3;7-8H,4-6H2,1-3H3;2H,1,3H2. The van der Waals surface area contributed by atoms with Crippen LogP contribution in [-0.2, 0) is 13.1 Å². The quantitative estimate of drug-likeness (QED) is 0.285. The van der Waals surface area contributed by atoms with Crippen LogP contribution in [0.4, 0.5) is 0 Å². The number of nitrogens with one attached hydrogen (secondary N) is 1. The Morgan fingerprint density at radius 2 is 1.67 bits per heavy atom. The summed E-state index contributed by atoms with van der Waals surface area (Å²) in [5, 5.41) is 4.62. The van der Waals surface area contributed by atoms with Gasteiger partial charge in [0.15, 0.2) is 0 Å². The van der Waals surface area contributed by atoms with Crippen molar-refractivity contribution in [1.82, 2.24) is 15.1 Å². The second-order valence-electron chi connectivity index (χ2n) is 10.6. The van der Waals surface area contributed by atoms with Crippen LogP contribution in [0.3, 0.4) is 0 Å². The van der Waals surface area contributed by atoms with Crippen LogP contribution in [0.5, 0.6) is 0 Å². The van der Waals surface area contributed by atoms with Crippen LogP contribution in [0.15, 0.2) is 74.6 Å². The summed E-state index contributed by atoms with van der Waals surface area (Å²) in [5.74, 6) is 2.35. The number of piperidine rings is 1. The lowest BCUT2D eigenvalue weighted by Crippen LogP contribution is -2.35. The van der Waals surface area contributed by atoms with Crippen molar-refractivity contribution < 1.29 is 0 Å². The van der Waals surface area contributed by atoms with E-state index in [4.69, 9.17) is 23.2 Å². The van der Waals surface area contributed by atoms with Gasteiger partial charge in [-0.15, -0.1) is 0 Å². The zero-order valence-corrected chi connectivity index (χ0v) is 26.0. The second-order valence-corrected chi connectivity index (χ2v) is 11.4. The van der Waals surface area contributed by atoms with Gasteiger partial charge in [-0.3, -0.25) is 4.90 Å². The molecule has 0 aromatic heterocycles. The van der Waals surface area contributed by atoms with E-state index < -0.39 is 0 Å². The van der Waals surface area contributed by atoms with Crippen molar-refractivity contribution >= 4 is 29.3 Å². The molecular formula is C33H50Cl2N4. The Kier molecular flexibility index (Phi) is 17.6. The molecule has 0 spiro atoms. The lowest BCUT2D eigenvalue weighted by atomic mass is 9.92. The van der Waals surface area contributed by atoms with E-state index in [1.165, 1.54) is 36.8 Å². The van der Waals surface area contributed by atoms with E-state index in [9.17, 15) is 0 Å². The van der Waals surface area contributed by atoms with Gasteiger partial charge in [0.1, 0.15) is 0 Å². The number of nitrogens with two attached hydrogens (primary N) is 1. The molecule has 4 nitrogen and oxygen atoms in total. The maximum atomic E-state index is 6.44. The molecule has 39 heavy (non-hydrogen) atoms. The summed E-state index contributed by atoms with van der Waals surface area (Å²) in [6.45, 7) is 23.8. The molecule has 3 rings (SSSR count). The van der Waals surface area contributed by atoms with Gasteiger partial charge >= 0.3 is 0 Å². The molecule has 216 valence electrons. The number of likely N-dealkylation sites (tertiary alicyclic amines) is 1. The molecular weight excluding hydrogens is 523 g/mol. The first-order valence-corrected chi connectivity index (χ1v) is 14.6. The maximum Gasteiger partial charge on any atom is 0.0465 e. The normalized spacial score (nSPS) is 17.6. The zero-order chi connectivity index (χ0) is 29.2. The van der Waals surface area contributed by atoms with E-state index in [-0.39, 0.29) is 0 Å². The molecule has 0 saturated carbocycles. The molecule has 0 bridgehead atoms. The summed E-state index contributed by atoms with van der Waals surface area (Å²) in [6.07, 6.45) is 7.44. The Morgan fingerprint density at radius 3 is 2.21 bits per heavy atom. The van der Waals surface area contributed by atoms with Crippen molar-refractivity contribution in [3.63, 3.8) is 0 Å². The van der Waals surface area contributed by atoms with Crippen molar-refractivity contribution in [3.05, 3.63) is 101 Å². The van der Waals surface area contributed by atoms with E-state index in [1.54, 1.807) is 6.20 Å². The van der Waals surface area contributed by atoms with Crippen LogP contribution in [0.1, 0.15) is 50.3 Å². The Bertz CT molecular complexity index is 968. The van der Waals surface area contributed by atoms with Gasteiger partial charge < -0.3 is 16.0 Å². The SMILES string of the molecule is C=CN.C=CNCC(CC)CN(Cc1ccc(Cl)cc1Cl)Cc1ccccc1C=C.CC1CC(C)CN(C)C1.